The zero-order valence-electron chi connectivity index (χ0n) is 13.8. The van der Waals surface area contributed by atoms with E-state index in [4.69, 9.17) is 19.9 Å². The van der Waals surface area contributed by atoms with Gasteiger partial charge in [-0.15, -0.1) is 0 Å². The molecule has 2 aliphatic rings. The summed E-state index contributed by atoms with van der Waals surface area (Å²) in [6.45, 7) is 8.04. The average molecular weight is 318 g/mol. The molecule has 0 aromatic carbocycles. The van der Waals surface area contributed by atoms with Crippen LogP contribution in [0.15, 0.2) is 18.6 Å². The topological polar surface area (TPSA) is 84.4 Å². The molecule has 7 nitrogen and oxygen atoms in total. The summed E-state index contributed by atoms with van der Waals surface area (Å²) >= 11 is 0. The average Bonchev–Trinajstić information content (AvgIpc) is 3.07. The molecule has 2 aromatic heterocycles. The van der Waals surface area contributed by atoms with Gasteiger partial charge in [0.25, 0.3) is 0 Å². The fraction of sp³-hybridized carbons (Fsp3) is 0.625. The van der Waals surface area contributed by atoms with E-state index in [0.717, 1.165) is 17.5 Å². The second-order valence-electron chi connectivity index (χ2n) is 6.87. The normalized spacial score (nSPS) is 35.7. The smallest absolute Gasteiger partial charge is 0.165 e. The molecule has 0 radical (unpaired) electrons. The van der Waals surface area contributed by atoms with Crippen molar-refractivity contribution in [2.24, 2.45) is 0 Å². The number of nitrogen functional groups attached to an aromatic ring is 1. The van der Waals surface area contributed by atoms with E-state index >= 15 is 0 Å². The quantitative estimate of drug-likeness (QED) is 0.914. The van der Waals surface area contributed by atoms with Gasteiger partial charge in [0, 0.05) is 6.20 Å². The zero-order valence-corrected chi connectivity index (χ0v) is 13.8. The van der Waals surface area contributed by atoms with E-state index in [-0.39, 0.29) is 18.4 Å². The standard InChI is InChI=1S/C16H22N4O3/c1-5-10-16(4)11(22-15(2,3)23-16)14(21-10)20-7-6-9-12(17)18-8-19-13(9)20/h6-8,10-11,14H,5H2,1-4H3,(H2,17,18,19)/t10-,11+,14-,16-/m1/s1. The Morgan fingerprint density at radius 3 is 2.83 bits per heavy atom. The summed E-state index contributed by atoms with van der Waals surface area (Å²) < 4.78 is 20.6. The minimum absolute atomic E-state index is 0.0455. The predicted octanol–water partition coefficient (Wildman–Crippen LogP) is 2.23. The summed E-state index contributed by atoms with van der Waals surface area (Å²) in [5.41, 5.74) is 6.19. The molecule has 7 heteroatoms. The highest BCUT2D eigenvalue weighted by atomic mass is 16.8. The van der Waals surface area contributed by atoms with Crippen molar-refractivity contribution in [2.45, 2.75) is 63.9 Å². The summed E-state index contributed by atoms with van der Waals surface area (Å²) in [7, 11) is 0. The Labute approximate surface area is 134 Å². The molecule has 0 aliphatic carbocycles. The van der Waals surface area contributed by atoms with E-state index in [9.17, 15) is 0 Å². The van der Waals surface area contributed by atoms with Crippen LogP contribution in [-0.4, -0.2) is 38.1 Å². The number of nitrogens with zero attached hydrogens (tertiary/aromatic N) is 3. The summed E-state index contributed by atoms with van der Waals surface area (Å²) in [4.78, 5) is 8.40. The maximum absolute atomic E-state index is 6.28. The first-order valence-corrected chi connectivity index (χ1v) is 7.96. The Bertz CT molecular complexity index is 759. The van der Waals surface area contributed by atoms with Gasteiger partial charge in [0.05, 0.1) is 11.5 Å². The van der Waals surface area contributed by atoms with Crippen LogP contribution in [0.3, 0.4) is 0 Å². The van der Waals surface area contributed by atoms with Crippen LogP contribution in [0, 0.1) is 0 Å². The lowest BCUT2D eigenvalue weighted by Crippen LogP contribution is -2.43. The first-order valence-electron chi connectivity index (χ1n) is 7.96. The number of rotatable bonds is 2. The van der Waals surface area contributed by atoms with Gasteiger partial charge in [-0.3, -0.25) is 0 Å². The number of aromatic nitrogens is 3. The van der Waals surface area contributed by atoms with Gasteiger partial charge in [0.15, 0.2) is 12.0 Å². The van der Waals surface area contributed by atoms with E-state index in [1.54, 1.807) is 0 Å². The van der Waals surface area contributed by atoms with Gasteiger partial charge in [0.2, 0.25) is 0 Å². The van der Waals surface area contributed by atoms with E-state index in [0.29, 0.717) is 5.82 Å². The molecule has 0 unspecified atom stereocenters. The van der Waals surface area contributed by atoms with Crippen molar-refractivity contribution < 1.29 is 14.2 Å². The first-order chi connectivity index (χ1) is 10.9. The van der Waals surface area contributed by atoms with Gasteiger partial charge < -0.3 is 24.5 Å². The number of fused-ring (bicyclic) bond motifs is 2. The molecule has 4 rings (SSSR count). The molecular weight excluding hydrogens is 296 g/mol. The lowest BCUT2D eigenvalue weighted by atomic mass is 9.93. The van der Waals surface area contributed by atoms with Crippen molar-refractivity contribution in [3.63, 3.8) is 0 Å². The van der Waals surface area contributed by atoms with Gasteiger partial charge in [-0.2, -0.15) is 0 Å². The van der Waals surface area contributed by atoms with Crippen LogP contribution >= 0.6 is 0 Å². The zero-order chi connectivity index (χ0) is 16.4. The van der Waals surface area contributed by atoms with Crippen molar-refractivity contribution in [3.8, 4) is 0 Å². The van der Waals surface area contributed by atoms with Crippen molar-refractivity contribution in [1.29, 1.82) is 0 Å². The third-order valence-electron chi connectivity index (χ3n) is 4.83. The van der Waals surface area contributed by atoms with Crippen LogP contribution in [0.4, 0.5) is 5.82 Å². The molecule has 23 heavy (non-hydrogen) atoms. The Kier molecular flexibility index (Phi) is 3.01. The van der Waals surface area contributed by atoms with Crippen LogP contribution in [0.25, 0.3) is 11.0 Å². The van der Waals surface area contributed by atoms with Gasteiger partial charge in [-0.25, -0.2) is 9.97 Å². The van der Waals surface area contributed by atoms with E-state index in [1.165, 1.54) is 6.33 Å². The van der Waals surface area contributed by atoms with E-state index in [1.807, 2.05) is 30.7 Å². The summed E-state index contributed by atoms with van der Waals surface area (Å²) in [6.07, 6.45) is 3.67. The molecule has 2 aliphatic heterocycles. The third-order valence-corrected chi connectivity index (χ3v) is 4.83. The molecule has 2 aromatic rings. The highest BCUT2D eigenvalue weighted by Crippen LogP contribution is 2.51. The summed E-state index contributed by atoms with van der Waals surface area (Å²) in [5.74, 6) is -0.170. The number of hydrogen-bond donors (Lipinski definition) is 1. The first kappa shape index (κ1) is 14.9. The van der Waals surface area contributed by atoms with Gasteiger partial charge >= 0.3 is 0 Å². The molecule has 4 heterocycles. The number of anilines is 1. The lowest BCUT2D eigenvalue weighted by molar-refractivity contribution is -0.210. The fourth-order valence-electron chi connectivity index (χ4n) is 3.91. The highest BCUT2D eigenvalue weighted by Gasteiger charge is 2.63. The third kappa shape index (κ3) is 2.00. The van der Waals surface area contributed by atoms with Gasteiger partial charge in [0.1, 0.15) is 29.5 Å². The molecule has 0 amide bonds. The molecular formula is C16H22N4O3. The molecule has 0 spiro atoms. The van der Waals surface area contributed by atoms with Crippen LogP contribution in [0.5, 0.6) is 0 Å². The van der Waals surface area contributed by atoms with Crippen LogP contribution in [-0.2, 0) is 14.2 Å². The Morgan fingerprint density at radius 1 is 1.30 bits per heavy atom. The minimum atomic E-state index is -0.633. The van der Waals surface area contributed by atoms with Gasteiger partial charge in [-0.1, -0.05) is 6.92 Å². The Balaban J connectivity index is 1.81. The van der Waals surface area contributed by atoms with Crippen LogP contribution in [0.1, 0.15) is 40.3 Å². The van der Waals surface area contributed by atoms with Crippen LogP contribution < -0.4 is 5.73 Å². The SMILES string of the molecule is CC[C@H]1O[C@@H](n2ccc3c(N)ncnc32)[C@@H]2OC(C)(C)O[C@]12C. The minimum Gasteiger partial charge on any atom is -0.383 e. The van der Waals surface area contributed by atoms with E-state index in [2.05, 4.69) is 23.8 Å². The van der Waals surface area contributed by atoms with Crippen molar-refractivity contribution in [1.82, 2.24) is 14.5 Å². The van der Waals surface area contributed by atoms with Crippen molar-refractivity contribution in [3.05, 3.63) is 18.6 Å². The number of hydrogen-bond acceptors (Lipinski definition) is 6. The molecule has 124 valence electrons. The Morgan fingerprint density at radius 2 is 2.09 bits per heavy atom. The fourth-order valence-corrected chi connectivity index (χ4v) is 3.91. The monoisotopic (exact) mass is 318 g/mol. The largest absolute Gasteiger partial charge is 0.383 e. The summed E-state index contributed by atoms with van der Waals surface area (Å²) in [6, 6.07) is 1.91. The maximum atomic E-state index is 6.28. The second-order valence-corrected chi connectivity index (χ2v) is 6.87. The molecule has 2 saturated heterocycles. The highest BCUT2D eigenvalue weighted by molar-refractivity contribution is 5.86. The molecule has 2 N–H and O–H groups in total. The van der Waals surface area contributed by atoms with Crippen molar-refractivity contribution in [2.75, 3.05) is 5.73 Å². The lowest BCUT2D eigenvalue weighted by Gasteiger charge is -2.28. The Hall–Kier alpha value is -1.70. The number of ether oxygens (including phenoxy) is 3. The maximum Gasteiger partial charge on any atom is 0.165 e. The predicted molar refractivity (Wildman–Crippen MR) is 84.6 cm³/mol. The summed E-state index contributed by atoms with van der Waals surface area (Å²) in [5, 5.41) is 0.816. The molecule has 2 fully saturated rings. The van der Waals surface area contributed by atoms with Crippen molar-refractivity contribution >= 4 is 16.9 Å². The van der Waals surface area contributed by atoms with Crippen LogP contribution in [0.2, 0.25) is 0 Å². The second kappa shape index (κ2) is 4.66. The van der Waals surface area contributed by atoms with E-state index < -0.39 is 11.4 Å². The molecule has 4 atom stereocenters. The number of nitrogens with two attached hydrogens (primary N) is 1. The molecule has 0 saturated carbocycles. The molecule has 0 bridgehead atoms. The van der Waals surface area contributed by atoms with Gasteiger partial charge in [-0.05, 0) is 33.3 Å².